The van der Waals surface area contributed by atoms with Gasteiger partial charge in [0, 0.05) is 39.8 Å². The highest BCUT2D eigenvalue weighted by atomic mass is 16.2. The van der Waals surface area contributed by atoms with E-state index in [2.05, 4.69) is 10.3 Å². The number of nitrogens with one attached hydrogen (secondary N) is 1. The summed E-state index contributed by atoms with van der Waals surface area (Å²) in [5, 5.41) is 3.28. The first-order valence-electron chi connectivity index (χ1n) is 7.52. The molecular weight excluding hydrogens is 300 g/mol. The van der Waals surface area contributed by atoms with E-state index in [1.807, 2.05) is 6.92 Å². The van der Waals surface area contributed by atoms with E-state index in [0.717, 1.165) is 11.1 Å². The molecule has 1 N–H and O–H groups in total. The number of amides is 1. The van der Waals surface area contributed by atoms with Crippen LogP contribution >= 0.6 is 0 Å². The van der Waals surface area contributed by atoms with E-state index in [9.17, 15) is 14.4 Å². The molecule has 0 bridgehead atoms. The molecule has 1 aliphatic rings. The summed E-state index contributed by atoms with van der Waals surface area (Å²) < 4.78 is 3.86. The normalized spacial score (nSPS) is 18.6. The summed E-state index contributed by atoms with van der Waals surface area (Å²) in [5.74, 6) is -0.0615. The van der Waals surface area contributed by atoms with E-state index in [-0.39, 0.29) is 24.0 Å². The van der Waals surface area contributed by atoms with Crippen LogP contribution in [0.5, 0.6) is 0 Å². The van der Waals surface area contributed by atoms with Crippen molar-refractivity contribution in [3.8, 4) is 0 Å². The van der Waals surface area contributed by atoms with Crippen molar-refractivity contribution in [3.05, 3.63) is 27.2 Å². The first kappa shape index (κ1) is 15.5. The first-order valence-corrected chi connectivity index (χ1v) is 7.52. The molecule has 1 fully saturated rings. The van der Waals surface area contributed by atoms with Crippen molar-refractivity contribution < 1.29 is 4.79 Å². The zero-order chi connectivity index (χ0) is 16.7. The third-order valence-corrected chi connectivity index (χ3v) is 4.24. The number of aryl methyl sites for hydroxylation is 1. The van der Waals surface area contributed by atoms with E-state index in [1.165, 1.54) is 22.5 Å². The maximum Gasteiger partial charge on any atom is 0.332 e. The number of nitrogens with zero attached hydrogens (tertiary/aromatic N) is 5. The SMILES string of the molecule is CC1CN(C(=O)Cn2cnc3c2c(=O)n(C)c(=O)n3C)CCN1. The molecule has 9 heteroatoms. The quantitative estimate of drug-likeness (QED) is 0.708. The highest BCUT2D eigenvalue weighted by Gasteiger charge is 2.22. The van der Waals surface area contributed by atoms with Gasteiger partial charge in [-0.2, -0.15) is 0 Å². The molecule has 3 heterocycles. The number of aromatic nitrogens is 4. The Morgan fingerprint density at radius 1 is 1.35 bits per heavy atom. The van der Waals surface area contributed by atoms with Crippen molar-refractivity contribution in [2.75, 3.05) is 19.6 Å². The van der Waals surface area contributed by atoms with E-state index >= 15 is 0 Å². The van der Waals surface area contributed by atoms with Crippen LogP contribution in [0.2, 0.25) is 0 Å². The molecule has 1 unspecified atom stereocenters. The average molecular weight is 320 g/mol. The van der Waals surface area contributed by atoms with Crippen LogP contribution in [0.4, 0.5) is 0 Å². The number of carbonyl (C=O) groups excluding carboxylic acids is 1. The lowest BCUT2D eigenvalue weighted by atomic mass is 10.2. The minimum Gasteiger partial charge on any atom is -0.338 e. The van der Waals surface area contributed by atoms with Gasteiger partial charge in [0.15, 0.2) is 11.2 Å². The van der Waals surface area contributed by atoms with Gasteiger partial charge < -0.3 is 14.8 Å². The van der Waals surface area contributed by atoms with Crippen LogP contribution in [0.1, 0.15) is 6.92 Å². The van der Waals surface area contributed by atoms with Crippen molar-refractivity contribution in [1.29, 1.82) is 0 Å². The lowest BCUT2D eigenvalue weighted by molar-refractivity contribution is -0.132. The lowest BCUT2D eigenvalue weighted by Crippen LogP contribution is -2.52. The summed E-state index contributed by atoms with van der Waals surface area (Å²) >= 11 is 0. The van der Waals surface area contributed by atoms with E-state index in [0.29, 0.717) is 18.7 Å². The molecule has 1 saturated heterocycles. The third-order valence-electron chi connectivity index (χ3n) is 4.24. The fourth-order valence-electron chi connectivity index (χ4n) is 2.92. The van der Waals surface area contributed by atoms with Crippen LogP contribution in [-0.2, 0) is 25.4 Å². The minimum atomic E-state index is -0.443. The molecule has 2 aromatic rings. The van der Waals surface area contributed by atoms with Crippen LogP contribution in [-0.4, -0.2) is 55.2 Å². The molecule has 124 valence electrons. The van der Waals surface area contributed by atoms with Crippen molar-refractivity contribution in [3.63, 3.8) is 0 Å². The Morgan fingerprint density at radius 2 is 2.09 bits per heavy atom. The van der Waals surface area contributed by atoms with Crippen LogP contribution in [0, 0.1) is 0 Å². The van der Waals surface area contributed by atoms with Gasteiger partial charge in [0.05, 0.1) is 6.33 Å². The number of rotatable bonds is 2. The van der Waals surface area contributed by atoms with Crippen molar-refractivity contribution in [2.45, 2.75) is 19.5 Å². The smallest absolute Gasteiger partial charge is 0.332 e. The van der Waals surface area contributed by atoms with Gasteiger partial charge >= 0.3 is 5.69 Å². The summed E-state index contributed by atoms with van der Waals surface area (Å²) in [6.07, 6.45) is 1.44. The van der Waals surface area contributed by atoms with Gasteiger partial charge in [0.2, 0.25) is 5.91 Å². The van der Waals surface area contributed by atoms with Gasteiger partial charge in [-0.3, -0.25) is 18.7 Å². The van der Waals surface area contributed by atoms with Crippen molar-refractivity contribution in [2.24, 2.45) is 14.1 Å². The second-order valence-electron chi connectivity index (χ2n) is 5.95. The predicted molar refractivity (Wildman–Crippen MR) is 84.3 cm³/mol. The topological polar surface area (TPSA) is 94.2 Å². The summed E-state index contributed by atoms with van der Waals surface area (Å²) in [4.78, 5) is 42.6. The Hall–Kier alpha value is -2.42. The third kappa shape index (κ3) is 2.56. The molecule has 2 aromatic heterocycles. The number of hydrogen-bond donors (Lipinski definition) is 1. The monoisotopic (exact) mass is 320 g/mol. The molecule has 0 radical (unpaired) electrons. The van der Waals surface area contributed by atoms with Gasteiger partial charge in [-0.15, -0.1) is 0 Å². The van der Waals surface area contributed by atoms with Crippen LogP contribution in [0.25, 0.3) is 11.2 Å². The largest absolute Gasteiger partial charge is 0.338 e. The zero-order valence-corrected chi connectivity index (χ0v) is 13.4. The number of carbonyl (C=O) groups is 1. The highest BCUT2D eigenvalue weighted by molar-refractivity contribution is 5.79. The van der Waals surface area contributed by atoms with Gasteiger partial charge in [-0.25, -0.2) is 9.78 Å². The summed E-state index contributed by atoms with van der Waals surface area (Å²) in [7, 11) is 2.97. The van der Waals surface area contributed by atoms with E-state index in [4.69, 9.17) is 0 Å². The zero-order valence-electron chi connectivity index (χ0n) is 13.4. The van der Waals surface area contributed by atoms with E-state index in [1.54, 1.807) is 11.9 Å². The fraction of sp³-hybridized carbons (Fsp3) is 0.571. The summed E-state index contributed by atoms with van der Waals surface area (Å²) in [6, 6.07) is 0.251. The van der Waals surface area contributed by atoms with Gasteiger partial charge in [0.25, 0.3) is 5.56 Å². The van der Waals surface area contributed by atoms with Crippen molar-refractivity contribution >= 4 is 17.1 Å². The number of piperazine rings is 1. The molecular formula is C14H20N6O3. The number of hydrogen-bond acceptors (Lipinski definition) is 5. The Balaban J connectivity index is 1.97. The number of imidazole rings is 1. The van der Waals surface area contributed by atoms with Gasteiger partial charge in [0.1, 0.15) is 6.54 Å². The second kappa shape index (κ2) is 5.65. The van der Waals surface area contributed by atoms with Crippen molar-refractivity contribution in [1.82, 2.24) is 28.9 Å². The molecule has 23 heavy (non-hydrogen) atoms. The molecule has 1 atom stereocenters. The standard InChI is InChI=1S/C14H20N6O3/c1-9-6-19(5-4-15-9)10(21)7-20-8-16-12-11(20)13(22)18(3)14(23)17(12)2/h8-9,15H,4-7H2,1-3H3. The Morgan fingerprint density at radius 3 is 2.78 bits per heavy atom. The minimum absolute atomic E-state index is 0.0384. The second-order valence-corrected chi connectivity index (χ2v) is 5.95. The van der Waals surface area contributed by atoms with Crippen LogP contribution in [0.15, 0.2) is 15.9 Å². The molecule has 0 spiro atoms. The maximum absolute atomic E-state index is 12.5. The van der Waals surface area contributed by atoms with Crippen LogP contribution in [0.3, 0.4) is 0 Å². The Bertz CT molecular complexity index is 877. The number of fused-ring (bicyclic) bond motifs is 1. The Kier molecular flexibility index (Phi) is 3.80. The van der Waals surface area contributed by atoms with Crippen LogP contribution < -0.4 is 16.6 Å². The summed E-state index contributed by atoms with van der Waals surface area (Å²) in [5.41, 5.74) is -0.317. The maximum atomic E-state index is 12.5. The molecule has 1 amide bonds. The molecule has 0 aliphatic carbocycles. The van der Waals surface area contributed by atoms with Gasteiger partial charge in [-0.1, -0.05) is 0 Å². The average Bonchev–Trinajstić information content (AvgIpc) is 2.94. The molecule has 1 aliphatic heterocycles. The molecule has 3 rings (SSSR count). The summed E-state index contributed by atoms with van der Waals surface area (Å²) in [6.45, 7) is 4.11. The molecule has 0 aromatic carbocycles. The predicted octanol–water partition coefficient (Wildman–Crippen LogP) is -1.75. The molecule has 9 nitrogen and oxygen atoms in total. The Labute approximate surface area is 132 Å². The fourth-order valence-corrected chi connectivity index (χ4v) is 2.92. The highest BCUT2D eigenvalue weighted by Crippen LogP contribution is 2.07. The van der Waals surface area contributed by atoms with Gasteiger partial charge in [-0.05, 0) is 6.92 Å². The van der Waals surface area contributed by atoms with E-state index < -0.39 is 11.2 Å². The first-order chi connectivity index (χ1) is 10.9. The molecule has 0 saturated carbocycles. The lowest BCUT2D eigenvalue weighted by Gasteiger charge is -2.32.